The number of hydrogen-bond donors (Lipinski definition) is 1. The van der Waals surface area contributed by atoms with E-state index in [1.165, 1.54) is 11.8 Å². The molecule has 8 heteroatoms. The average molecular weight is 381 g/mol. The van der Waals surface area contributed by atoms with Gasteiger partial charge < -0.3 is 15.0 Å². The molecule has 0 aromatic heterocycles. The van der Waals surface area contributed by atoms with Gasteiger partial charge in [0.1, 0.15) is 6.04 Å². The Kier molecular flexibility index (Phi) is 7.21. The number of ketones is 1. The Morgan fingerprint density at radius 2 is 1.93 bits per heavy atom. The number of hydrogen-bond acceptors (Lipinski definition) is 5. The molecule has 27 heavy (non-hydrogen) atoms. The van der Waals surface area contributed by atoms with Crippen molar-refractivity contribution < 1.29 is 23.9 Å². The molecule has 0 bridgehead atoms. The lowest BCUT2D eigenvalue weighted by Gasteiger charge is -2.24. The van der Waals surface area contributed by atoms with Crippen molar-refractivity contribution in [2.45, 2.75) is 59.0 Å². The van der Waals surface area contributed by atoms with Crippen LogP contribution in [0.3, 0.4) is 0 Å². The Hall–Kier alpha value is -2.12. The number of likely N-dealkylation sites (tertiary alicyclic amines) is 2. The van der Waals surface area contributed by atoms with E-state index in [2.05, 4.69) is 5.32 Å². The molecule has 2 aliphatic heterocycles. The second kappa shape index (κ2) is 9.19. The summed E-state index contributed by atoms with van der Waals surface area (Å²) in [4.78, 5) is 51.4. The first-order valence-corrected chi connectivity index (χ1v) is 9.70. The molecule has 0 spiro atoms. The third-order valence-electron chi connectivity index (χ3n) is 5.07. The molecule has 2 aliphatic rings. The van der Waals surface area contributed by atoms with Crippen molar-refractivity contribution >= 4 is 23.7 Å². The van der Waals surface area contributed by atoms with E-state index in [0.29, 0.717) is 39.0 Å². The smallest absolute Gasteiger partial charge is 0.410 e. The fraction of sp³-hybridized carbons (Fsp3) is 0.789. The van der Waals surface area contributed by atoms with Gasteiger partial charge in [-0.2, -0.15) is 0 Å². The molecule has 1 unspecified atom stereocenters. The van der Waals surface area contributed by atoms with Crippen molar-refractivity contribution in [3.05, 3.63) is 0 Å². The van der Waals surface area contributed by atoms with E-state index >= 15 is 0 Å². The third kappa shape index (κ3) is 5.43. The lowest BCUT2D eigenvalue weighted by atomic mass is 10.0. The van der Waals surface area contributed by atoms with Crippen molar-refractivity contribution in [3.63, 3.8) is 0 Å². The van der Waals surface area contributed by atoms with E-state index in [0.717, 1.165) is 0 Å². The van der Waals surface area contributed by atoms with E-state index in [1.807, 2.05) is 20.8 Å². The highest BCUT2D eigenvalue weighted by Crippen LogP contribution is 2.31. The number of Topliss-reactive ketones (excluding diaryl/α,β-unsaturated/α-hetero) is 1. The van der Waals surface area contributed by atoms with Crippen molar-refractivity contribution in [3.8, 4) is 0 Å². The van der Waals surface area contributed by atoms with Crippen LogP contribution in [0.25, 0.3) is 0 Å². The monoisotopic (exact) mass is 381 g/mol. The molecule has 0 radical (unpaired) electrons. The number of amides is 3. The molecule has 2 fully saturated rings. The van der Waals surface area contributed by atoms with Gasteiger partial charge in [0, 0.05) is 26.4 Å². The summed E-state index contributed by atoms with van der Waals surface area (Å²) in [6, 6.07) is -0.826. The van der Waals surface area contributed by atoms with E-state index in [1.54, 1.807) is 4.90 Å². The first-order chi connectivity index (χ1) is 12.7. The summed E-state index contributed by atoms with van der Waals surface area (Å²) in [6.07, 6.45) is 1.10. The molecular weight excluding hydrogens is 350 g/mol. The van der Waals surface area contributed by atoms with Crippen LogP contribution < -0.4 is 5.32 Å². The van der Waals surface area contributed by atoms with Crippen LogP contribution in [0.1, 0.15) is 47.0 Å². The molecular formula is C19H31N3O5. The van der Waals surface area contributed by atoms with Gasteiger partial charge in [0.15, 0.2) is 5.78 Å². The zero-order chi connectivity index (χ0) is 20.1. The van der Waals surface area contributed by atoms with Crippen molar-refractivity contribution in [1.82, 2.24) is 15.1 Å². The highest BCUT2D eigenvalue weighted by atomic mass is 16.6. The molecule has 2 saturated heterocycles. The van der Waals surface area contributed by atoms with E-state index in [4.69, 9.17) is 4.74 Å². The summed E-state index contributed by atoms with van der Waals surface area (Å²) in [6.45, 7) is 8.68. The van der Waals surface area contributed by atoms with Crippen LogP contribution in [-0.4, -0.2) is 71.8 Å². The fourth-order valence-electron chi connectivity index (χ4n) is 3.60. The lowest BCUT2D eigenvalue weighted by molar-refractivity contribution is -0.133. The molecule has 8 nitrogen and oxygen atoms in total. The van der Waals surface area contributed by atoms with Gasteiger partial charge in [-0.25, -0.2) is 4.79 Å². The first kappa shape index (κ1) is 21.2. The van der Waals surface area contributed by atoms with Crippen LogP contribution in [0.4, 0.5) is 4.79 Å². The van der Waals surface area contributed by atoms with Gasteiger partial charge in [-0.1, -0.05) is 20.8 Å². The van der Waals surface area contributed by atoms with E-state index in [9.17, 15) is 19.2 Å². The van der Waals surface area contributed by atoms with Gasteiger partial charge in [-0.05, 0) is 24.7 Å². The van der Waals surface area contributed by atoms with E-state index in [-0.39, 0.29) is 42.0 Å². The largest absolute Gasteiger partial charge is 0.449 e. The molecule has 0 saturated carbocycles. The fourth-order valence-corrected chi connectivity index (χ4v) is 3.60. The molecule has 2 rings (SSSR count). The third-order valence-corrected chi connectivity index (χ3v) is 5.07. The summed E-state index contributed by atoms with van der Waals surface area (Å²) in [7, 11) is 0. The maximum absolute atomic E-state index is 12.6. The predicted octanol–water partition coefficient (Wildman–Crippen LogP) is 1.19. The van der Waals surface area contributed by atoms with Crippen LogP contribution in [-0.2, 0) is 19.1 Å². The summed E-state index contributed by atoms with van der Waals surface area (Å²) < 4.78 is 5.26. The highest BCUT2D eigenvalue weighted by Gasteiger charge is 2.51. The number of nitrogens with zero attached hydrogens (tertiary/aromatic N) is 2. The van der Waals surface area contributed by atoms with Gasteiger partial charge in [0.05, 0.1) is 19.2 Å². The quantitative estimate of drug-likeness (QED) is 0.714. The normalized spacial score (nSPS) is 22.8. The maximum Gasteiger partial charge on any atom is 0.410 e. The predicted molar refractivity (Wildman–Crippen MR) is 98.9 cm³/mol. The second-order valence-electron chi connectivity index (χ2n) is 8.03. The summed E-state index contributed by atoms with van der Waals surface area (Å²) in [5.74, 6) is 0.153. The second-order valence-corrected chi connectivity index (χ2v) is 8.03. The van der Waals surface area contributed by atoms with Crippen LogP contribution in [0.5, 0.6) is 0 Å². The number of carbonyl (C=O) groups is 4. The Morgan fingerprint density at radius 1 is 1.22 bits per heavy atom. The van der Waals surface area contributed by atoms with Crippen molar-refractivity contribution in [1.29, 1.82) is 0 Å². The zero-order valence-electron chi connectivity index (χ0n) is 16.7. The molecule has 0 aromatic rings. The minimum absolute atomic E-state index is 0.0577. The van der Waals surface area contributed by atoms with Crippen LogP contribution in [0.2, 0.25) is 0 Å². The van der Waals surface area contributed by atoms with Crippen molar-refractivity contribution in [2.24, 2.45) is 11.8 Å². The lowest BCUT2D eigenvalue weighted by Crippen LogP contribution is -2.44. The molecule has 3 atom stereocenters. The molecule has 1 N–H and O–H groups in total. The topological polar surface area (TPSA) is 96.0 Å². The number of carbonyl (C=O) groups excluding carboxylic acids is 4. The number of fused-ring (bicyclic) bond motifs is 1. The Bertz CT molecular complexity index is 592. The zero-order valence-corrected chi connectivity index (χ0v) is 16.7. The van der Waals surface area contributed by atoms with Gasteiger partial charge in [-0.3, -0.25) is 19.3 Å². The number of rotatable bonds is 7. The molecule has 2 heterocycles. The standard InChI is InChI=1S/C19H31N3O5/c1-12(2)11-27-19(26)21-8-7-15-18(21)16(24)10-22(15)17(25)6-5-13(3)9-20-14(4)23/h12-13,15,18H,5-11H2,1-4H3,(H,20,23)/t13?,15-,18+/m1/s1. The van der Waals surface area contributed by atoms with Gasteiger partial charge in [-0.15, -0.1) is 0 Å². The first-order valence-electron chi connectivity index (χ1n) is 9.70. The van der Waals surface area contributed by atoms with E-state index < -0.39 is 12.1 Å². The van der Waals surface area contributed by atoms with Crippen LogP contribution >= 0.6 is 0 Å². The minimum atomic E-state index is -0.578. The SMILES string of the molecule is CC(=O)NCC(C)CCC(=O)N1CC(=O)[C@@H]2[C@H]1CCN2C(=O)OCC(C)C. The molecule has 3 amide bonds. The highest BCUT2D eigenvalue weighted by molar-refractivity contribution is 5.96. The Labute approximate surface area is 160 Å². The molecule has 0 aliphatic carbocycles. The average Bonchev–Trinajstić information content (AvgIpc) is 3.17. The molecule has 0 aromatic carbocycles. The van der Waals surface area contributed by atoms with Crippen LogP contribution in [0.15, 0.2) is 0 Å². The summed E-state index contributed by atoms with van der Waals surface area (Å²) in [5, 5.41) is 2.74. The number of ether oxygens (including phenoxy) is 1. The summed E-state index contributed by atoms with van der Waals surface area (Å²) >= 11 is 0. The van der Waals surface area contributed by atoms with Crippen molar-refractivity contribution in [2.75, 3.05) is 26.2 Å². The van der Waals surface area contributed by atoms with Gasteiger partial charge in [0.2, 0.25) is 11.8 Å². The summed E-state index contributed by atoms with van der Waals surface area (Å²) in [5.41, 5.74) is 0. The van der Waals surface area contributed by atoms with Gasteiger partial charge in [0.25, 0.3) is 0 Å². The number of nitrogens with one attached hydrogen (secondary N) is 1. The minimum Gasteiger partial charge on any atom is -0.449 e. The Morgan fingerprint density at radius 3 is 2.56 bits per heavy atom. The Balaban J connectivity index is 1.88. The maximum atomic E-state index is 12.6. The molecule has 152 valence electrons. The van der Waals surface area contributed by atoms with Crippen LogP contribution in [0, 0.1) is 11.8 Å². The van der Waals surface area contributed by atoms with Gasteiger partial charge >= 0.3 is 6.09 Å².